The Bertz CT molecular complexity index is 261. The maximum Gasteiger partial charge on any atom is 0.273 e. The fourth-order valence-corrected chi connectivity index (χ4v) is 1.20. The topological polar surface area (TPSA) is 38.7 Å². The van der Waals surface area contributed by atoms with Crippen LogP contribution in [-0.2, 0) is 9.53 Å². The number of ether oxygens (including phenoxy) is 1. The van der Waals surface area contributed by atoms with Crippen LogP contribution in [-0.4, -0.2) is 18.7 Å². The summed E-state index contributed by atoms with van der Waals surface area (Å²) < 4.78 is 5.00. The van der Waals surface area contributed by atoms with Crippen molar-refractivity contribution in [2.75, 3.05) is 7.11 Å². The summed E-state index contributed by atoms with van der Waals surface area (Å²) in [6.07, 6.45) is 3.74. The van der Waals surface area contributed by atoms with E-state index in [1.54, 1.807) is 7.11 Å². The Hall–Kier alpha value is -1.12. The van der Waals surface area contributed by atoms with E-state index in [2.05, 4.69) is 4.99 Å². The molecule has 1 saturated carbocycles. The first-order valence-electron chi connectivity index (χ1n) is 3.70. The van der Waals surface area contributed by atoms with Gasteiger partial charge in [-0.05, 0) is 12.8 Å². The summed E-state index contributed by atoms with van der Waals surface area (Å²) in [4.78, 5) is 14.7. The Morgan fingerprint density at radius 3 is 2.91 bits per heavy atom. The Labute approximate surface area is 64.8 Å². The van der Waals surface area contributed by atoms with E-state index < -0.39 is 0 Å². The predicted molar refractivity (Wildman–Crippen MR) is 40.3 cm³/mol. The van der Waals surface area contributed by atoms with Gasteiger partial charge in [-0.2, -0.15) is 0 Å². The summed E-state index contributed by atoms with van der Waals surface area (Å²) in [7, 11) is 1.57. The zero-order valence-electron chi connectivity index (χ0n) is 6.33. The molecule has 0 aromatic rings. The highest BCUT2D eigenvalue weighted by atomic mass is 16.5. The number of aliphatic imine (C=N–C) groups is 1. The maximum absolute atomic E-state index is 10.8. The van der Waals surface area contributed by atoms with E-state index in [0.717, 1.165) is 18.6 Å². The summed E-state index contributed by atoms with van der Waals surface area (Å²) in [5.74, 6) is 0.980. The number of nitrogens with zero attached hydrogens (tertiary/aromatic N) is 1. The lowest BCUT2D eigenvalue weighted by atomic mass is 10.2. The van der Waals surface area contributed by atoms with Gasteiger partial charge in [0.1, 0.15) is 5.76 Å². The van der Waals surface area contributed by atoms with Gasteiger partial charge in [0.2, 0.25) is 0 Å². The van der Waals surface area contributed by atoms with E-state index in [9.17, 15) is 4.79 Å². The average molecular weight is 151 g/mol. The van der Waals surface area contributed by atoms with Gasteiger partial charge in [0, 0.05) is 12.0 Å². The number of hydrogen-bond acceptors (Lipinski definition) is 2. The molecule has 0 unspecified atom stereocenters. The van der Waals surface area contributed by atoms with Crippen LogP contribution < -0.4 is 0 Å². The molecule has 0 atom stereocenters. The van der Waals surface area contributed by atoms with Gasteiger partial charge in [0.25, 0.3) is 5.91 Å². The molecular weight excluding hydrogens is 142 g/mol. The van der Waals surface area contributed by atoms with Crippen LogP contribution >= 0.6 is 0 Å². The summed E-state index contributed by atoms with van der Waals surface area (Å²) in [5, 5.41) is 0. The van der Waals surface area contributed by atoms with Crippen molar-refractivity contribution in [2.45, 2.75) is 12.8 Å². The number of carbonyl (C=O) groups excluding carboxylic acids is 1. The van der Waals surface area contributed by atoms with Crippen LogP contribution in [0.3, 0.4) is 0 Å². The van der Waals surface area contributed by atoms with Crippen LogP contribution in [0.15, 0.2) is 16.8 Å². The lowest BCUT2D eigenvalue weighted by molar-refractivity contribution is -0.113. The third-order valence-corrected chi connectivity index (χ3v) is 1.92. The Morgan fingerprint density at radius 2 is 2.36 bits per heavy atom. The van der Waals surface area contributed by atoms with E-state index >= 15 is 0 Å². The second kappa shape index (κ2) is 2.19. The van der Waals surface area contributed by atoms with Crippen molar-refractivity contribution in [3.8, 4) is 0 Å². The summed E-state index contributed by atoms with van der Waals surface area (Å²) >= 11 is 0. The third-order valence-electron chi connectivity index (χ3n) is 1.92. The molecule has 0 N–H and O–H groups in total. The number of hydrogen-bond donors (Lipinski definition) is 0. The summed E-state index contributed by atoms with van der Waals surface area (Å²) in [6.45, 7) is 0. The molecule has 1 amide bonds. The van der Waals surface area contributed by atoms with E-state index in [4.69, 9.17) is 4.74 Å². The molecule has 1 aliphatic carbocycles. The zero-order valence-corrected chi connectivity index (χ0v) is 6.33. The van der Waals surface area contributed by atoms with Crippen LogP contribution in [0, 0.1) is 5.92 Å². The first-order chi connectivity index (χ1) is 5.31. The molecule has 2 aliphatic rings. The number of allylic oxidation sites excluding steroid dienone is 1. The largest absolute Gasteiger partial charge is 0.495 e. The normalized spacial score (nSPS) is 23.2. The standard InChI is InChI=1S/C8H9NO2/c1-11-6-4-7(10)9-8(6)5-2-3-5/h4-5H,2-3H2,1H3. The molecule has 2 rings (SSSR count). The van der Waals surface area contributed by atoms with Crippen molar-refractivity contribution in [3.63, 3.8) is 0 Å². The van der Waals surface area contributed by atoms with Crippen molar-refractivity contribution in [1.29, 1.82) is 0 Å². The minimum Gasteiger partial charge on any atom is -0.495 e. The Morgan fingerprint density at radius 1 is 1.64 bits per heavy atom. The van der Waals surface area contributed by atoms with E-state index in [1.807, 2.05) is 0 Å². The second-order valence-electron chi connectivity index (χ2n) is 2.82. The van der Waals surface area contributed by atoms with Crippen LogP contribution in [0.2, 0.25) is 0 Å². The average Bonchev–Trinajstić information content (AvgIpc) is 2.75. The van der Waals surface area contributed by atoms with E-state index in [1.165, 1.54) is 6.08 Å². The molecule has 0 aromatic heterocycles. The monoisotopic (exact) mass is 151 g/mol. The van der Waals surface area contributed by atoms with Gasteiger partial charge in [-0.25, -0.2) is 4.99 Å². The van der Waals surface area contributed by atoms with Gasteiger partial charge in [-0.3, -0.25) is 4.79 Å². The summed E-state index contributed by atoms with van der Waals surface area (Å²) in [5.41, 5.74) is 0.859. The highest BCUT2D eigenvalue weighted by Gasteiger charge is 2.33. The fraction of sp³-hybridized carbons (Fsp3) is 0.500. The minimum absolute atomic E-state index is 0.177. The molecule has 1 heterocycles. The molecular formula is C8H9NO2. The molecule has 58 valence electrons. The van der Waals surface area contributed by atoms with Crippen LogP contribution in [0.1, 0.15) is 12.8 Å². The number of amides is 1. The Balaban J connectivity index is 2.24. The SMILES string of the molecule is COC1=CC(=O)N=C1C1CC1. The van der Waals surface area contributed by atoms with Gasteiger partial charge < -0.3 is 4.74 Å². The van der Waals surface area contributed by atoms with Crippen LogP contribution in [0.25, 0.3) is 0 Å². The molecule has 0 spiro atoms. The first-order valence-corrected chi connectivity index (χ1v) is 3.70. The third kappa shape index (κ3) is 1.06. The molecule has 1 aliphatic heterocycles. The van der Waals surface area contributed by atoms with Gasteiger partial charge in [-0.1, -0.05) is 0 Å². The van der Waals surface area contributed by atoms with Crippen molar-refractivity contribution < 1.29 is 9.53 Å². The highest BCUT2D eigenvalue weighted by Crippen LogP contribution is 2.35. The van der Waals surface area contributed by atoms with Crippen molar-refractivity contribution in [1.82, 2.24) is 0 Å². The lowest BCUT2D eigenvalue weighted by Crippen LogP contribution is -2.03. The van der Waals surface area contributed by atoms with Crippen molar-refractivity contribution in [2.24, 2.45) is 10.9 Å². The van der Waals surface area contributed by atoms with Crippen molar-refractivity contribution >= 4 is 11.6 Å². The highest BCUT2D eigenvalue weighted by molar-refractivity contribution is 6.16. The van der Waals surface area contributed by atoms with E-state index in [-0.39, 0.29) is 5.91 Å². The smallest absolute Gasteiger partial charge is 0.273 e. The second-order valence-corrected chi connectivity index (χ2v) is 2.82. The molecule has 0 saturated heterocycles. The quantitative estimate of drug-likeness (QED) is 0.588. The number of rotatable bonds is 2. The zero-order chi connectivity index (χ0) is 7.84. The van der Waals surface area contributed by atoms with Gasteiger partial charge in [0.15, 0.2) is 0 Å². The maximum atomic E-state index is 10.8. The summed E-state index contributed by atoms with van der Waals surface area (Å²) in [6, 6.07) is 0. The van der Waals surface area contributed by atoms with Crippen LogP contribution in [0.4, 0.5) is 0 Å². The predicted octanol–water partition coefficient (Wildman–Crippen LogP) is 0.908. The van der Waals surface area contributed by atoms with Crippen LogP contribution in [0.5, 0.6) is 0 Å². The fourth-order valence-electron chi connectivity index (χ4n) is 1.20. The number of carbonyl (C=O) groups is 1. The first kappa shape index (κ1) is 6.58. The van der Waals surface area contributed by atoms with Gasteiger partial charge in [-0.15, -0.1) is 0 Å². The van der Waals surface area contributed by atoms with Crippen molar-refractivity contribution in [3.05, 3.63) is 11.8 Å². The molecule has 0 bridgehead atoms. The molecule has 1 fully saturated rings. The van der Waals surface area contributed by atoms with E-state index in [0.29, 0.717) is 11.7 Å². The molecule has 0 radical (unpaired) electrons. The lowest BCUT2D eigenvalue weighted by Gasteiger charge is -2.00. The Kier molecular flexibility index (Phi) is 1.31. The minimum atomic E-state index is -0.177. The van der Waals surface area contributed by atoms with Gasteiger partial charge >= 0.3 is 0 Å². The van der Waals surface area contributed by atoms with Gasteiger partial charge in [0.05, 0.1) is 12.8 Å². The molecule has 0 aromatic carbocycles. The molecule has 11 heavy (non-hydrogen) atoms. The molecule has 3 heteroatoms. The molecule has 3 nitrogen and oxygen atoms in total. The number of methoxy groups -OCH3 is 1.